The fourth-order valence-corrected chi connectivity index (χ4v) is 12.9. The zero-order valence-corrected chi connectivity index (χ0v) is 42.0. The van der Waals surface area contributed by atoms with E-state index in [2.05, 4.69) is 276 Å². The first-order chi connectivity index (χ1) is 36.7. The van der Waals surface area contributed by atoms with Crippen molar-refractivity contribution in [1.82, 2.24) is 0 Å². The molecular formula is C70H46N2S2. The van der Waals surface area contributed by atoms with Gasteiger partial charge in [-0.15, -0.1) is 22.7 Å². The molecule has 0 aliphatic heterocycles. The molecule has 0 N–H and O–H groups in total. The van der Waals surface area contributed by atoms with Crippen LogP contribution in [0.2, 0.25) is 0 Å². The van der Waals surface area contributed by atoms with Crippen molar-refractivity contribution < 1.29 is 0 Å². The second-order valence-corrected chi connectivity index (χ2v) is 20.4. The van der Waals surface area contributed by atoms with Crippen LogP contribution < -0.4 is 9.80 Å². The molecule has 4 heteroatoms. The highest BCUT2D eigenvalue weighted by Gasteiger charge is 2.27. The maximum Gasteiger partial charge on any atom is 0.0640 e. The number of nitrogens with zero attached hydrogens (tertiary/aromatic N) is 2. The first-order valence-corrected chi connectivity index (χ1v) is 26.5. The summed E-state index contributed by atoms with van der Waals surface area (Å²) < 4.78 is 4.95. The molecule has 0 atom stereocenters. The average molecular weight is 979 g/mol. The molecule has 1 aliphatic rings. The number of hydrogen-bond acceptors (Lipinski definition) is 4. The molecule has 0 bridgehead atoms. The number of hydrogen-bond donors (Lipinski definition) is 0. The second-order valence-electron chi connectivity index (χ2n) is 18.3. The molecule has 74 heavy (non-hydrogen) atoms. The van der Waals surface area contributed by atoms with Gasteiger partial charge in [-0.3, -0.25) is 0 Å². The van der Waals surface area contributed by atoms with E-state index in [1.165, 1.54) is 40.3 Å². The van der Waals surface area contributed by atoms with E-state index in [4.69, 9.17) is 6.58 Å². The van der Waals surface area contributed by atoms with Crippen molar-refractivity contribution in [1.29, 1.82) is 0 Å². The van der Waals surface area contributed by atoms with Gasteiger partial charge in [0.2, 0.25) is 0 Å². The zero-order chi connectivity index (χ0) is 49.4. The van der Waals surface area contributed by atoms with E-state index < -0.39 is 0 Å². The SMILES string of the molecule is C=C(/C(=C\c1ccc(N(c2ccccc2-c2ccccc2)c2cccc3c2sc2ccccc23)c(-c2ccccc2)c1)c1ccccc1)N(c1ccccc1C1=C=C=CC=C1)c1cccc2c1sc1ccccc12. The number of benzene rings is 10. The van der Waals surface area contributed by atoms with Gasteiger partial charge < -0.3 is 9.80 Å². The van der Waals surface area contributed by atoms with Crippen molar-refractivity contribution in [3.63, 3.8) is 0 Å². The van der Waals surface area contributed by atoms with Crippen molar-refractivity contribution in [3.8, 4) is 22.3 Å². The highest BCUT2D eigenvalue weighted by Crippen LogP contribution is 2.51. The lowest BCUT2D eigenvalue weighted by atomic mass is 9.94. The van der Waals surface area contributed by atoms with Gasteiger partial charge in [0.1, 0.15) is 0 Å². The Labute approximate surface area is 439 Å². The van der Waals surface area contributed by atoms with Crippen molar-refractivity contribution in [2.24, 2.45) is 0 Å². The Kier molecular flexibility index (Phi) is 11.7. The van der Waals surface area contributed by atoms with Crippen molar-refractivity contribution in [2.45, 2.75) is 0 Å². The summed E-state index contributed by atoms with van der Waals surface area (Å²) in [6.45, 7) is 5.10. The number of anilines is 5. The number of rotatable bonds is 12. The topological polar surface area (TPSA) is 6.48 Å². The molecule has 0 saturated carbocycles. The summed E-state index contributed by atoms with van der Waals surface area (Å²) >= 11 is 3.68. The molecular weight excluding hydrogens is 933 g/mol. The molecule has 0 radical (unpaired) electrons. The Bertz CT molecular complexity index is 4290. The molecule has 2 heterocycles. The van der Waals surface area contributed by atoms with Crippen LogP contribution in [0.1, 0.15) is 16.7 Å². The van der Waals surface area contributed by atoms with Gasteiger partial charge in [-0.2, -0.15) is 0 Å². The van der Waals surface area contributed by atoms with Gasteiger partial charge in [-0.25, -0.2) is 0 Å². The van der Waals surface area contributed by atoms with E-state index >= 15 is 0 Å². The predicted octanol–water partition coefficient (Wildman–Crippen LogP) is 20.4. The minimum atomic E-state index is 0.841. The van der Waals surface area contributed by atoms with Crippen LogP contribution in [0, 0.1) is 0 Å². The average Bonchev–Trinajstić information content (AvgIpc) is 4.08. The van der Waals surface area contributed by atoms with E-state index in [1.54, 1.807) is 0 Å². The molecule has 0 saturated heterocycles. The molecule has 2 aromatic heterocycles. The number of fused-ring (bicyclic) bond motifs is 6. The lowest BCUT2D eigenvalue weighted by molar-refractivity contribution is 1.23. The summed E-state index contributed by atoms with van der Waals surface area (Å²) in [7, 11) is 0. The Hall–Kier alpha value is -9.24. The quantitative estimate of drug-likeness (QED) is 0.0684. The minimum absolute atomic E-state index is 0.841. The van der Waals surface area contributed by atoms with Crippen LogP contribution in [0.3, 0.4) is 0 Å². The molecule has 0 amide bonds. The largest absolute Gasteiger partial charge is 0.308 e. The molecule has 13 rings (SSSR count). The predicted molar refractivity (Wildman–Crippen MR) is 320 cm³/mol. The minimum Gasteiger partial charge on any atom is -0.308 e. The number of thiophene rings is 2. The molecule has 10 aromatic carbocycles. The first-order valence-electron chi connectivity index (χ1n) is 24.9. The molecule has 2 nitrogen and oxygen atoms in total. The number of para-hydroxylation sites is 2. The van der Waals surface area contributed by atoms with Gasteiger partial charge in [-0.1, -0.05) is 218 Å². The summed E-state index contributed by atoms with van der Waals surface area (Å²) in [5.74, 6) is 0. The van der Waals surface area contributed by atoms with Gasteiger partial charge >= 0.3 is 0 Å². The standard InChI is InChI=1S/C70H46N2S2/c1-48(71(62-38-18-14-32-54(62)50-24-6-2-7-25-50)65-40-22-36-58-56-34-16-20-42-67(56)73-69(58)65)60(52-28-10-4-11-29-52)46-49-44-45-64(61(47-49)53-30-12-5-13-31-53)72(63-39-19-15-33-55(63)51-26-8-3-9-27-51)66-41-23-37-59-57-35-17-21-43-68(57)74-70(59)66/h2-6,8-24,26-47H,1H2/b60-46+. The maximum absolute atomic E-state index is 5.10. The maximum atomic E-state index is 5.10. The molecule has 348 valence electrons. The summed E-state index contributed by atoms with van der Waals surface area (Å²) in [4.78, 5) is 4.86. The lowest BCUT2D eigenvalue weighted by Crippen LogP contribution is -2.18. The van der Waals surface area contributed by atoms with Crippen molar-refractivity contribution >= 4 is 109 Å². The number of allylic oxidation sites excluding steroid dienone is 5. The third kappa shape index (κ3) is 8.11. The first kappa shape index (κ1) is 44.7. The third-order valence-electron chi connectivity index (χ3n) is 13.9. The van der Waals surface area contributed by atoms with E-state index in [1.807, 2.05) is 34.8 Å². The van der Waals surface area contributed by atoms with E-state index in [9.17, 15) is 0 Å². The van der Waals surface area contributed by atoms with Crippen LogP contribution in [-0.4, -0.2) is 0 Å². The summed E-state index contributed by atoms with van der Waals surface area (Å²) in [6.07, 6.45) is 8.37. The van der Waals surface area contributed by atoms with Gasteiger partial charge in [0.05, 0.1) is 37.8 Å². The lowest BCUT2D eigenvalue weighted by Gasteiger charge is -2.32. The van der Waals surface area contributed by atoms with Crippen molar-refractivity contribution in [3.05, 3.63) is 301 Å². The normalized spacial score (nSPS) is 12.2. The van der Waals surface area contributed by atoms with Crippen LogP contribution in [0.15, 0.2) is 285 Å². The van der Waals surface area contributed by atoms with Crippen LogP contribution in [0.25, 0.3) is 79.8 Å². The van der Waals surface area contributed by atoms with Gasteiger partial charge in [0.15, 0.2) is 0 Å². The van der Waals surface area contributed by atoms with Crippen LogP contribution in [0.5, 0.6) is 0 Å². The summed E-state index contributed by atoms with van der Waals surface area (Å²) in [6, 6.07) is 87.6. The van der Waals surface area contributed by atoms with Gasteiger partial charge in [-0.05, 0) is 89.0 Å². The molecule has 0 unspecified atom stereocenters. The Balaban J connectivity index is 1.05. The molecule has 0 fully saturated rings. The zero-order valence-electron chi connectivity index (χ0n) is 40.3. The second kappa shape index (κ2) is 19.4. The highest BCUT2D eigenvalue weighted by atomic mass is 32.1. The monoisotopic (exact) mass is 978 g/mol. The Morgan fingerprint density at radius 2 is 0.946 bits per heavy atom. The molecule has 12 aromatic rings. The smallest absolute Gasteiger partial charge is 0.0640 e. The summed E-state index contributed by atoms with van der Waals surface area (Å²) in [5.41, 5.74) is 22.5. The highest BCUT2D eigenvalue weighted by molar-refractivity contribution is 7.26. The Morgan fingerprint density at radius 1 is 0.432 bits per heavy atom. The van der Waals surface area contributed by atoms with E-state index in [-0.39, 0.29) is 0 Å². The molecule has 1 aliphatic carbocycles. The summed E-state index contributed by atoms with van der Waals surface area (Å²) in [5, 5.41) is 4.98. The van der Waals surface area contributed by atoms with Gasteiger partial charge in [0.25, 0.3) is 0 Å². The van der Waals surface area contributed by atoms with Gasteiger partial charge in [0, 0.05) is 64.5 Å². The van der Waals surface area contributed by atoms with E-state index in [0.29, 0.717) is 0 Å². The molecule has 0 spiro atoms. The fraction of sp³-hybridized carbons (Fsp3) is 0. The van der Waals surface area contributed by atoms with Crippen LogP contribution in [-0.2, 0) is 0 Å². The van der Waals surface area contributed by atoms with E-state index in [0.717, 1.165) is 84.2 Å². The third-order valence-corrected chi connectivity index (χ3v) is 16.3. The fourth-order valence-electron chi connectivity index (χ4n) is 10.5. The van der Waals surface area contributed by atoms with Crippen LogP contribution >= 0.6 is 22.7 Å². The Morgan fingerprint density at radius 3 is 1.61 bits per heavy atom. The van der Waals surface area contributed by atoms with Crippen molar-refractivity contribution in [2.75, 3.05) is 9.80 Å². The van der Waals surface area contributed by atoms with Crippen LogP contribution in [0.4, 0.5) is 28.4 Å².